The van der Waals surface area contributed by atoms with E-state index in [0.717, 1.165) is 10.4 Å². The summed E-state index contributed by atoms with van der Waals surface area (Å²) in [5, 5.41) is 9.66. The Kier molecular flexibility index (Phi) is 6.52. The predicted molar refractivity (Wildman–Crippen MR) is 109 cm³/mol. The van der Waals surface area contributed by atoms with E-state index < -0.39 is 27.2 Å². The van der Waals surface area contributed by atoms with Crippen LogP contribution in [0.5, 0.6) is 5.75 Å². The molecule has 31 heavy (non-hydrogen) atoms. The second-order valence-corrected chi connectivity index (χ2v) is 9.40. The molecule has 1 aliphatic rings. The largest absolute Gasteiger partial charge is 0.493 e. The summed E-state index contributed by atoms with van der Waals surface area (Å²) >= 11 is 6.08. The van der Waals surface area contributed by atoms with Crippen LogP contribution in [0.4, 0.5) is 10.1 Å². The van der Waals surface area contributed by atoms with Gasteiger partial charge in [0.2, 0.25) is 15.7 Å². The monoisotopic (exact) mass is 468 g/mol. The summed E-state index contributed by atoms with van der Waals surface area (Å²) in [6, 6.07) is 7.51. The molecule has 164 valence electrons. The molecule has 0 bridgehead atoms. The molecule has 0 aromatic heterocycles. The van der Waals surface area contributed by atoms with Crippen molar-refractivity contribution in [2.24, 2.45) is 5.41 Å². The number of carbonyl (C=O) groups is 1. The first-order valence-corrected chi connectivity index (χ1v) is 10.8. The number of esters is 1. The minimum atomic E-state index is -3.97. The lowest BCUT2D eigenvalue weighted by molar-refractivity contribution is -0.0273. The summed E-state index contributed by atoms with van der Waals surface area (Å²) < 4.78 is 50.8. The number of benzene rings is 2. The van der Waals surface area contributed by atoms with Crippen molar-refractivity contribution >= 4 is 33.3 Å². The maximum Gasteiger partial charge on any atom is 0.337 e. The fraction of sp³-hybridized carbons (Fsp3) is 0.300. The maximum absolute atomic E-state index is 13.7. The van der Waals surface area contributed by atoms with Crippen LogP contribution in [-0.4, -0.2) is 57.2 Å². The molecule has 3 rings (SSSR count). The first-order chi connectivity index (χ1) is 14.7. The highest BCUT2D eigenvalue weighted by atomic mass is 35.5. The number of rotatable bonds is 7. The average Bonchev–Trinajstić information content (AvgIpc) is 2.72. The Morgan fingerprint density at radius 1 is 1.32 bits per heavy atom. The summed E-state index contributed by atoms with van der Waals surface area (Å²) in [5.41, 5.74) is -0.898. The lowest BCUT2D eigenvalue weighted by Gasteiger charge is -2.47. The van der Waals surface area contributed by atoms with Crippen LogP contribution in [0.25, 0.3) is 4.85 Å². The van der Waals surface area contributed by atoms with Gasteiger partial charge in [-0.2, -0.15) is 4.31 Å². The van der Waals surface area contributed by atoms with Gasteiger partial charge in [-0.1, -0.05) is 11.6 Å². The zero-order valence-corrected chi connectivity index (χ0v) is 17.9. The fourth-order valence-corrected chi connectivity index (χ4v) is 5.29. The van der Waals surface area contributed by atoms with Crippen LogP contribution in [-0.2, 0) is 14.8 Å². The van der Waals surface area contributed by atoms with Crippen LogP contribution >= 0.6 is 11.6 Å². The van der Waals surface area contributed by atoms with Gasteiger partial charge in [0.1, 0.15) is 16.5 Å². The standard InChI is InChI=1S/C20H18ClFN2O6S/c1-23-17-5-4-14(8-16(17)22)30-12-20(11-25)9-24(10-20)31(27,28)18-6-3-13(7-15(18)21)19(26)29-2/h3-8,25H,9-12H2,2H3. The SMILES string of the molecule is [C-]#[N+]c1ccc(OCC2(CO)CN(S(=O)(=O)c3ccc(C(=O)OC)cc3Cl)C2)cc1F. The number of carbonyl (C=O) groups excluding carboxylic acids is 1. The zero-order chi connectivity index (χ0) is 22.8. The van der Waals surface area contributed by atoms with E-state index in [9.17, 15) is 22.7 Å². The van der Waals surface area contributed by atoms with Gasteiger partial charge in [-0.15, -0.1) is 0 Å². The topological polar surface area (TPSA) is 97.5 Å². The summed E-state index contributed by atoms with van der Waals surface area (Å²) in [7, 11) is -2.77. The van der Waals surface area contributed by atoms with Crippen molar-refractivity contribution in [2.45, 2.75) is 4.90 Å². The molecule has 2 aromatic carbocycles. The van der Waals surface area contributed by atoms with E-state index in [2.05, 4.69) is 9.58 Å². The number of halogens is 2. The summed E-state index contributed by atoms with van der Waals surface area (Å²) in [5.74, 6) is -1.21. The highest BCUT2D eigenvalue weighted by Gasteiger charge is 2.49. The fourth-order valence-electron chi connectivity index (χ4n) is 3.11. The summed E-state index contributed by atoms with van der Waals surface area (Å²) in [6.45, 7) is 6.37. The highest BCUT2D eigenvalue weighted by Crippen LogP contribution is 2.37. The van der Waals surface area contributed by atoms with Crippen molar-refractivity contribution in [1.29, 1.82) is 0 Å². The number of nitrogens with zero attached hydrogens (tertiary/aromatic N) is 2. The lowest BCUT2D eigenvalue weighted by atomic mass is 9.83. The van der Waals surface area contributed by atoms with Crippen molar-refractivity contribution in [1.82, 2.24) is 4.31 Å². The van der Waals surface area contributed by atoms with Gasteiger partial charge >= 0.3 is 5.97 Å². The van der Waals surface area contributed by atoms with Crippen molar-refractivity contribution in [3.05, 3.63) is 64.2 Å². The predicted octanol–water partition coefficient (Wildman–Crippen LogP) is 2.88. The Bertz CT molecular complexity index is 1160. The van der Waals surface area contributed by atoms with E-state index in [1.165, 1.54) is 37.4 Å². The molecule has 0 aliphatic carbocycles. The number of ether oxygens (including phenoxy) is 2. The number of aliphatic hydroxyl groups is 1. The molecule has 1 N–H and O–H groups in total. The van der Waals surface area contributed by atoms with Crippen molar-refractivity contribution < 1.29 is 32.2 Å². The Morgan fingerprint density at radius 2 is 2.03 bits per heavy atom. The third kappa shape index (κ3) is 4.50. The summed E-state index contributed by atoms with van der Waals surface area (Å²) in [6.07, 6.45) is 0. The van der Waals surface area contributed by atoms with Gasteiger partial charge < -0.3 is 14.6 Å². The van der Waals surface area contributed by atoms with Crippen molar-refractivity contribution in [3.63, 3.8) is 0 Å². The molecular weight excluding hydrogens is 451 g/mol. The number of hydrogen-bond donors (Lipinski definition) is 1. The number of methoxy groups -OCH3 is 1. The van der Waals surface area contributed by atoms with E-state index in [1.54, 1.807) is 0 Å². The van der Waals surface area contributed by atoms with Gasteiger partial charge in [0, 0.05) is 19.2 Å². The Labute approximate surface area is 183 Å². The minimum absolute atomic E-state index is 0.0382. The summed E-state index contributed by atoms with van der Waals surface area (Å²) in [4.78, 5) is 14.4. The number of hydrogen-bond acceptors (Lipinski definition) is 6. The van der Waals surface area contributed by atoms with Gasteiger partial charge in [-0.05, 0) is 30.3 Å². The Morgan fingerprint density at radius 3 is 2.58 bits per heavy atom. The third-order valence-electron chi connectivity index (χ3n) is 4.91. The second kappa shape index (κ2) is 8.80. The first-order valence-electron chi connectivity index (χ1n) is 8.94. The molecule has 0 saturated carbocycles. The van der Waals surface area contributed by atoms with E-state index >= 15 is 0 Å². The van der Waals surface area contributed by atoms with Gasteiger partial charge in [-0.25, -0.2) is 22.4 Å². The molecular formula is C20H18ClFN2O6S. The van der Waals surface area contributed by atoms with Crippen LogP contribution < -0.4 is 4.74 Å². The number of aliphatic hydroxyl groups excluding tert-OH is 1. The molecule has 8 nitrogen and oxygen atoms in total. The Balaban J connectivity index is 1.70. The van der Waals surface area contributed by atoms with Crippen LogP contribution in [0.1, 0.15) is 10.4 Å². The van der Waals surface area contributed by atoms with Crippen molar-refractivity contribution in [3.8, 4) is 5.75 Å². The molecule has 0 spiro atoms. The highest BCUT2D eigenvalue weighted by molar-refractivity contribution is 7.89. The average molecular weight is 469 g/mol. The van der Waals surface area contributed by atoms with Gasteiger partial charge in [-0.3, -0.25) is 0 Å². The minimum Gasteiger partial charge on any atom is -0.493 e. The third-order valence-corrected chi connectivity index (χ3v) is 7.19. The molecule has 2 aromatic rings. The maximum atomic E-state index is 13.7. The van der Waals surface area contributed by atoms with Gasteiger partial charge in [0.15, 0.2) is 0 Å². The van der Waals surface area contributed by atoms with E-state index in [4.69, 9.17) is 22.9 Å². The van der Waals surface area contributed by atoms with Gasteiger partial charge in [0.05, 0.1) is 42.9 Å². The molecule has 0 amide bonds. The molecule has 11 heteroatoms. The molecule has 0 unspecified atom stereocenters. The van der Waals surface area contributed by atoms with E-state index in [0.29, 0.717) is 0 Å². The van der Waals surface area contributed by atoms with Crippen LogP contribution in [0.15, 0.2) is 41.3 Å². The van der Waals surface area contributed by atoms with Crippen LogP contribution in [0.3, 0.4) is 0 Å². The molecule has 1 aliphatic heterocycles. The molecule has 0 radical (unpaired) electrons. The molecule has 1 saturated heterocycles. The molecule has 1 fully saturated rings. The Hall–Kier alpha value is -2.71. The first kappa shape index (κ1) is 23.0. The molecule has 1 heterocycles. The van der Waals surface area contributed by atoms with Gasteiger partial charge in [0.25, 0.3) is 0 Å². The zero-order valence-electron chi connectivity index (χ0n) is 16.3. The smallest absolute Gasteiger partial charge is 0.337 e. The quantitative estimate of drug-likeness (QED) is 0.495. The van der Waals surface area contributed by atoms with Crippen LogP contribution in [0, 0.1) is 17.8 Å². The number of sulfonamides is 1. The normalized spacial score (nSPS) is 15.6. The lowest BCUT2D eigenvalue weighted by Crippen LogP contribution is -2.62. The second-order valence-electron chi connectivity index (χ2n) is 7.08. The van der Waals surface area contributed by atoms with E-state index in [-0.39, 0.29) is 53.2 Å². The van der Waals surface area contributed by atoms with Crippen molar-refractivity contribution in [2.75, 3.05) is 33.4 Å². The van der Waals surface area contributed by atoms with E-state index in [1.807, 2.05) is 0 Å². The molecule has 0 atom stereocenters. The van der Waals surface area contributed by atoms with Crippen LogP contribution in [0.2, 0.25) is 5.02 Å².